The summed E-state index contributed by atoms with van der Waals surface area (Å²) in [6.45, 7) is 7.95. The van der Waals surface area contributed by atoms with Gasteiger partial charge in [0, 0.05) is 5.69 Å². The summed E-state index contributed by atoms with van der Waals surface area (Å²) in [6, 6.07) is 14.0. The maximum absolute atomic E-state index is 12.3. The molecule has 2 aromatic rings. The van der Waals surface area contributed by atoms with Crippen LogP contribution in [0.2, 0.25) is 0 Å². The minimum absolute atomic E-state index is 0.141. The van der Waals surface area contributed by atoms with Gasteiger partial charge in [-0.2, -0.15) is 0 Å². The van der Waals surface area contributed by atoms with Crippen LogP contribution in [0.1, 0.15) is 43.4 Å². The van der Waals surface area contributed by atoms with Crippen LogP contribution in [0, 0.1) is 13.8 Å². The number of ether oxygens (including phenoxy) is 1. The molecule has 1 amide bonds. The van der Waals surface area contributed by atoms with Crippen LogP contribution in [-0.2, 0) is 11.2 Å². The van der Waals surface area contributed by atoms with E-state index in [9.17, 15) is 4.79 Å². The molecular weight excluding hydrogens is 298 g/mol. The number of hydrogen-bond donors (Lipinski definition) is 1. The normalized spacial score (nSPS) is 11.8. The second kappa shape index (κ2) is 8.53. The summed E-state index contributed by atoms with van der Waals surface area (Å²) in [5.74, 6) is 0.616. The molecule has 3 nitrogen and oxygen atoms in total. The van der Waals surface area contributed by atoms with Crippen LogP contribution in [0.5, 0.6) is 5.75 Å². The molecule has 2 aromatic carbocycles. The Morgan fingerprint density at radius 2 is 1.83 bits per heavy atom. The van der Waals surface area contributed by atoms with E-state index in [0.29, 0.717) is 0 Å². The van der Waals surface area contributed by atoms with Crippen LogP contribution < -0.4 is 10.1 Å². The summed E-state index contributed by atoms with van der Waals surface area (Å²) in [7, 11) is 0. The molecule has 2 rings (SSSR count). The van der Waals surface area contributed by atoms with Gasteiger partial charge in [0.15, 0.2) is 6.10 Å². The lowest BCUT2D eigenvalue weighted by Gasteiger charge is -2.17. The summed E-state index contributed by atoms with van der Waals surface area (Å²) in [4.78, 5) is 12.3. The van der Waals surface area contributed by atoms with E-state index in [1.54, 1.807) is 6.92 Å². The van der Waals surface area contributed by atoms with Gasteiger partial charge in [-0.3, -0.25) is 4.79 Å². The smallest absolute Gasteiger partial charge is 0.265 e. The minimum Gasteiger partial charge on any atom is -0.481 e. The summed E-state index contributed by atoms with van der Waals surface area (Å²) in [5.41, 5.74) is 4.25. The second-order valence-corrected chi connectivity index (χ2v) is 6.32. The second-order valence-electron chi connectivity index (χ2n) is 6.32. The fourth-order valence-electron chi connectivity index (χ4n) is 2.46. The molecule has 1 unspecified atom stereocenters. The number of anilines is 1. The van der Waals surface area contributed by atoms with Gasteiger partial charge < -0.3 is 10.1 Å². The zero-order valence-corrected chi connectivity index (χ0v) is 15.1. The first kappa shape index (κ1) is 18.1. The first-order valence-electron chi connectivity index (χ1n) is 8.63. The Kier molecular flexibility index (Phi) is 6.42. The van der Waals surface area contributed by atoms with Crippen molar-refractivity contribution >= 4 is 11.6 Å². The molecule has 1 N–H and O–H groups in total. The van der Waals surface area contributed by atoms with E-state index in [2.05, 4.69) is 24.4 Å². The lowest BCUT2D eigenvalue weighted by Crippen LogP contribution is -2.30. The van der Waals surface area contributed by atoms with Gasteiger partial charge in [0.05, 0.1) is 0 Å². The van der Waals surface area contributed by atoms with E-state index < -0.39 is 6.10 Å². The van der Waals surface area contributed by atoms with Crippen molar-refractivity contribution in [1.82, 2.24) is 0 Å². The lowest BCUT2D eigenvalue weighted by atomic mass is 10.1. The molecular formula is C21H27NO2. The van der Waals surface area contributed by atoms with E-state index in [-0.39, 0.29) is 5.91 Å². The summed E-state index contributed by atoms with van der Waals surface area (Å²) >= 11 is 0. The van der Waals surface area contributed by atoms with Crippen molar-refractivity contribution < 1.29 is 9.53 Å². The molecule has 24 heavy (non-hydrogen) atoms. The van der Waals surface area contributed by atoms with Crippen LogP contribution in [0.4, 0.5) is 5.69 Å². The minimum atomic E-state index is -0.551. The van der Waals surface area contributed by atoms with Crippen molar-refractivity contribution in [1.29, 1.82) is 0 Å². The molecule has 0 saturated heterocycles. The highest BCUT2D eigenvalue weighted by atomic mass is 16.5. The summed E-state index contributed by atoms with van der Waals surface area (Å²) < 4.78 is 5.82. The lowest BCUT2D eigenvalue weighted by molar-refractivity contribution is -0.122. The topological polar surface area (TPSA) is 38.3 Å². The number of amides is 1. The standard InChI is InChI=1S/C21H27NO2/c1-5-6-7-18-10-12-19(13-11-18)22-21(23)17(4)24-20-14-15(2)8-9-16(20)3/h8-14,17H,5-7H2,1-4H3,(H,22,23). The third kappa shape index (κ3) is 5.12. The van der Waals surface area contributed by atoms with Gasteiger partial charge in [0.1, 0.15) is 5.75 Å². The molecule has 0 heterocycles. The zero-order valence-electron chi connectivity index (χ0n) is 15.1. The fourth-order valence-corrected chi connectivity index (χ4v) is 2.46. The van der Waals surface area contributed by atoms with Crippen molar-refractivity contribution in [3.05, 3.63) is 59.2 Å². The summed E-state index contributed by atoms with van der Waals surface area (Å²) in [6.07, 6.45) is 2.90. The van der Waals surface area contributed by atoms with E-state index >= 15 is 0 Å². The van der Waals surface area contributed by atoms with E-state index in [0.717, 1.165) is 29.0 Å². The molecule has 0 aliphatic heterocycles. The zero-order chi connectivity index (χ0) is 17.5. The molecule has 1 atom stereocenters. The fraction of sp³-hybridized carbons (Fsp3) is 0.381. The highest BCUT2D eigenvalue weighted by Gasteiger charge is 2.16. The highest BCUT2D eigenvalue weighted by molar-refractivity contribution is 5.94. The number of carbonyl (C=O) groups excluding carboxylic acids is 1. The number of rotatable bonds is 7. The molecule has 0 saturated carbocycles. The molecule has 0 fully saturated rings. The average Bonchev–Trinajstić information content (AvgIpc) is 2.57. The monoisotopic (exact) mass is 325 g/mol. The third-order valence-electron chi connectivity index (χ3n) is 4.06. The van der Waals surface area contributed by atoms with Gasteiger partial charge in [-0.25, -0.2) is 0 Å². The van der Waals surface area contributed by atoms with Crippen molar-refractivity contribution in [3.63, 3.8) is 0 Å². The maximum Gasteiger partial charge on any atom is 0.265 e. The number of carbonyl (C=O) groups is 1. The molecule has 0 bridgehead atoms. The Morgan fingerprint density at radius 1 is 1.12 bits per heavy atom. The van der Waals surface area contributed by atoms with Crippen LogP contribution in [0.15, 0.2) is 42.5 Å². The largest absolute Gasteiger partial charge is 0.481 e. The van der Waals surface area contributed by atoms with Crippen LogP contribution >= 0.6 is 0 Å². The highest BCUT2D eigenvalue weighted by Crippen LogP contribution is 2.21. The number of benzene rings is 2. The first-order chi connectivity index (χ1) is 11.5. The molecule has 0 aromatic heterocycles. The quantitative estimate of drug-likeness (QED) is 0.773. The Morgan fingerprint density at radius 3 is 2.50 bits per heavy atom. The van der Waals surface area contributed by atoms with Gasteiger partial charge in [0.25, 0.3) is 5.91 Å². The predicted molar refractivity (Wildman–Crippen MR) is 99.7 cm³/mol. The van der Waals surface area contributed by atoms with Crippen molar-refractivity contribution in [2.75, 3.05) is 5.32 Å². The molecule has 0 aliphatic carbocycles. The Bertz CT molecular complexity index is 677. The van der Waals surface area contributed by atoms with Crippen molar-refractivity contribution in [2.24, 2.45) is 0 Å². The first-order valence-corrected chi connectivity index (χ1v) is 8.63. The predicted octanol–water partition coefficient (Wildman–Crippen LogP) is 5.05. The molecule has 0 aliphatic rings. The van der Waals surface area contributed by atoms with Crippen LogP contribution in [-0.4, -0.2) is 12.0 Å². The molecule has 0 radical (unpaired) electrons. The average molecular weight is 325 g/mol. The SMILES string of the molecule is CCCCc1ccc(NC(=O)C(C)Oc2cc(C)ccc2C)cc1. The van der Waals surface area contributed by atoms with Crippen LogP contribution in [0.3, 0.4) is 0 Å². The van der Waals surface area contributed by atoms with E-state index in [1.165, 1.54) is 18.4 Å². The van der Waals surface area contributed by atoms with Crippen LogP contribution in [0.25, 0.3) is 0 Å². The van der Waals surface area contributed by atoms with Gasteiger partial charge in [-0.15, -0.1) is 0 Å². The molecule has 3 heteroatoms. The van der Waals surface area contributed by atoms with Gasteiger partial charge in [-0.05, 0) is 68.5 Å². The molecule has 128 valence electrons. The van der Waals surface area contributed by atoms with Crippen molar-refractivity contribution in [3.8, 4) is 5.75 Å². The van der Waals surface area contributed by atoms with Gasteiger partial charge >= 0.3 is 0 Å². The summed E-state index contributed by atoms with van der Waals surface area (Å²) in [5, 5.41) is 2.92. The number of nitrogens with one attached hydrogen (secondary N) is 1. The molecule has 0 spiro atoms. The Balaban J connectivity index is 1.94. The maximum atomic E-state index is 12.3. The number of hydrogen-bond acceptors (Lipinski definition) is 2. The van der Waals surface area contributed by atoms with Gasteiger partial charge in [-0.1, -0.05) is 37.6 Å². The van der Waals surface area contributed by atoms with Crippen molar-refractivity contribution in [2.45, 2.75) is 53.1 Å². The number of unbranched alkanes of at least 4 members (excludes halogenated alkanes) is 1. The third-order valence-corrected chi connectivity index (χ3v) is 4.06. The van der Waals surface area contributed by atoms with Gasteiger partial charge in [0.2, 0.25) is 0 Å². The van der Waals surface area contributed by atoms with E-state index in [4.69, 9.17) is 4.74 Å². The Labute approximate surface area is 145 Å². The Hall–Kier alpha value is -2.29. The number of aryl methyl sites for hydroxylation is 3. The van der Waals surface area contributed by atoms with E-state index in [1.807, 2.05) is 44.2 Å².